The fourth-order valence-electron chi connectivity index (χ4n) is 3.94. The number of aryl methyl sites for hydroxylation is 2. The third-order valence-corrected chi connectivity index (χ3v) is 5.37. The molecule has 2 aromatic rings. The van der Waals surface area contributed by atoms with Crippen LogP contribution >= 0.6 is 0 Å². The number of amides is 1. The second kappa shape index (κ2) is 7.31. The standard InChI is InChI=1S/C20H22N6O/c1-14-13-25(19-18(12-21)22-8-9-23-19)10-11-26(14)20(27)17-7-6-15-4-2-3-5-16(15)24-17/h6-9,14H,2-5,10-11,13H2,1H3/t14-/m1/s1. The molecular formula is C20H22N6O. The van der Waals surface area contributed by atoms with E-state index in [1.807, 2.05) is 22.8 Å². The van der Waals surface area contributed by atoms with Crippen LogP contribution in [0.4, 0.5) is 5.82 Å². The minimum absolute atomic E-state index is 0.00219. The number of hydrogen-bond donors (Lipinski definition) is 0. The summed E-state index contributed by atoms with van der Waals surface area (Å²) in [5.74, 6) is 0.570. The Morgan fingerprint density at radius 1 is 1.19 bits per heavy atom. The average molecular weight is 362 g/mol. The van der Waals surface area contributed by atoms with Gasteiger partial charge < -0.3 is 9.80 Å². The molecule has 1 atom stereocenters. The van der Waals surface area contributed by atoms with Crippen molar-refractivity contribution in [3.05, 3.63) is 47.2 Å². The van der Waals surface area contributed by atoms with Gasteiger partial charge >= 0.3 is 0 Å². The highest BCUT2D eigenvalue weighted by atomic mass is 16.2. The SMILES string of the molecule is C[C@@H]1CN(c2nccnc2C#N)CCN1C(=O)c1ccc2c(n1)CCCC2. The molecule has 0 spiro atoms. The lowest BCUT2D eigenvalue weighted by molar-refractivity contribution is 0.0667. The maximum atomic E-state index is 13.0. The molecule has 0 aromatic carbocycles. The first kappa shape index (κ1) is 17.4. The van der Waals surface area contributed by atoms with E-state index in [2.05, 4.69) is 27.1 Å². The van der Waals surface area contributed by atoms with Crippen LogP contribution in [0.25, 0.3) is 0 Å². The highest BCUT2D eigenvalue weighted by molar-refractivity contribution is 5.92. The first-order valence-electron chi connectivity index (χ1n) is 9.43. The van der Waals surface area contributed by atoms with Gasteiger partial charge in [-0.1, -0.05) is 6.07 Å². The molecule has 1 fully saturated rings. The Bertz CT molecular complexity index is 906. The van der Waals surface area contributed by atoms with Crippen LogP contribution in [-0.2, 0) is 12.8 Å². The van der Waals surface area contributed by atoms with Crippen LogP contribution in [0.1, 0.15) is 47.2 Å². The topological polar surface area (TPSA) is 86.0 Å². The number of piperazine rings is 1. The Kier molecular flexibility index (Phi) is 4.71. The van der Waals surface area contributed by atoms with Crippen LogP contribution < -0.4 is 4.90 Å². The molecule has 0 saturated carbocycles. The zero-order valence-corrected chi connectivity index (χ0v) is 15.4. The smallest absolute Gasteiger partial charge is 0.272 e. The van der Waals surface area contributed by atoms with Gasteiger partial charge in [0.2, 0.25) is 0 Å². The summed E-state index contributed by atoms with van der Waals surface area (Å²) in [5, 5.41) is 9.25. The van der Waals surface area contributed by atoms with Crippen LogP contribution in [0.2, 0.25) is 0 Å². The predicted octanol–water partition coefficient (Wildman–Crippen LogP) is 1.97. The summed E-state index contributed by atoms with van der Waals surface area (Å²) in [6.07, 6.45) is 7.48. The molecule has 7 nitrogen and oxygen atoms in total. The fraction of sp³-hybridized carbons (Fsp3) is 0.450. The van der Waals surface area contributed by atoms with E-state index in [1.54, 1.807) is 6.20 Å². The number of hydrogen-bond acceptors (Lipinski definition) is 6. The molecule has 3 heterocycles. The number of rotatable bonds is 2. The van der Waals surface area contributed by atoms with Crippen molar-refractivity contribution in [2.45, 2.75) is 38.6 Å². The summed E-state index contributed by atoms with van der Waals surface area (Å²) in [4.78, 5) is 30.0. The molecule has 2 aliphatic rings. The van der Waals surface area contributed by atoms with Crippen molar-refractivity contribution in [3.63, 3.8) is 0 Å². The van der Waals surface area contributed by atoms with Gasteiger partial charge in [0, 0.05) is 43.8 Å². The van der Waals surface area contributed by atoms with Crippen molar-refractivity contribution in [1.82, 2.24) is 19.9 Å². The molecule has 7 heteroatoms. The highest BCUT2D eigenvalue weighted by Gasteiger charge is 2.30. The van der Waals surface area contributed by atoms with Gasteiger partial charge in [0.1, 0.15) is 11.8 Å². The highest BCUT2D eigenvalue weighted by Crippen LogP contribution is 2.23. The quantitative estimate of drug-likeness (QED) is 0.812. The molecule has 1 amide bonds. The largest absolute Gasteiger partial charge is 0.350 e. The molecule has 138 valence electrons. The van der Waals surface area contributed by atoms with E-state index in [-0.39, 0.29) is 11.9 Å². The average Bonchev–Trinajstić information content (AvgIpc) is 2.72. The summed E-state index contributed by atoms with van der Waals surface area (Å²) < 4.78 is 0. The number of carbonyl (C=O) groups excluding carboxylic acids is 1. The van der Waals surface area contributed by atoms with Gasteiger partial charge in [0.05, 0.1) is 0 Å². The van der Waals surface area contributed by atoms with Crippen LogP contribution in [0.3, 0.4) is 0 Å². The second-order valence-electron chi connectivity index (χ2n) is 7.14. The minimum Gasteiger partial charge on any atom is -0.350 e. The number of carbonyl (C=O) groups is 1. The number of nitrogens with zero attached hydrogens (tertiary/aromatic N) is 6. The molecule has 4 rings (SSSR count). The van der Waals surface area contributed by atoms with Gasteiger partial charge in [-0.25, -0.2) is 15.0 Å². The molecule has 0 radical (unpaired) electrons. The van der Waals surface area contributed by atoms with Gasteiger partial charge in [-0.15, -0.1) is 0 Å². The predicted molar refractivity (Wildman–Crippen MR) is 100 cm³/mol. The Hall–Kier alpha value is -3.01. The Morgan fingerprint density at radius 3 is 2.81 bits per heavy atom. The van der Waals surface area contributed by atoms with Crippen molar-refractivity contribution in [2.24, 2.45) is 0 Å². The van der Waals surface area contributed by atoms with E-state index in [1.165, 1.54) is 18.2 Å². The van der Waals surface area contributed by atoms with Crippen molar-refractivity contribution < 1.29 is 4.79 Å². The van der Waals surface area contributed by atoms with E-state index >= 15 is 0 Å². The lowest BCUT2D eigenvalue weighted by Crippen LogP contribution is -2.54. The van der Waals surface area contributed by atoms with Crippen molar-refractivity contribution >= 4 is 11.7 Å². The van der Waals surface area contributed by atoms with Crippen molar-refractivity contribution in [1.29, 1.82) is 5.26 Å². The summed E-state index contributed by atoms with van der Waals surface area (Å²) in [5.41, 5.74) is 3.22. The van der Waals surface area contributed by atoms with Gasteiger partial charge in [-0.05, 0) is 44.2 Å². The van der Waals surface area contributed by atoms with E-state index < -0.39 is 0 Å². The third kappa shape index (κ3) is 3.35. The number of aromatic nitrogens is 3. The van der Waals surface area contributed by atoms with Crippen molar-refractivity contribution in [3.8, 4) is 6.07 Å². The third-order valence-electron chi connectivity index (χ3n) is 5.37. The van der Waals surface area contributed by atoms with E-state index in [4.69, 9.17) is 0 Å². The summed E-state index contributed by atoms with van der Waals surface area (Å²) >= 11 is 0. The maximum absolute atomic E-state index is 13.0. The molecule has 0 N–H and O–H groups in total. The van der Waals surface area contributed by atoms with Gasteiger partial charge in [0.25, 0.3) is 5.91 Å². The Balaban J connectivity index is 1.50. The first-order chi connectivity index (χ1) is 13.2. The molecule has 1 aliphatic heterocycles. The Labute approximate surface area is 158 Å². The van der Waals surface area contributed by atoms with E-state index in [0.717, 1.165) is 25.0 Å². The minimum atomic E-state index is -0.0184. The molecular weight excluding hydrogens is 340 g/mol. The van der Waals surface area contributed by atoms with Crippen LogP contribution in [0.15, 0.2) is 24.5 Å². The number of anilines is 1. The lowest BCUT2D eigenvalue weighted by Gasteiger charge is -2.40. The summed E-state index contributed by atoms with van der Waals surface area (Å²) in [6.45, 7) is 3.82. The van der Waals surface area contributed by atoms with Gasteiger partial charge in [0.15, 0.2) is 11.5 Å². The molecule has 1 aliphatic carbocycles. The number of fused-ring (bicyclic) bond motifs is 1. The fourth-order valence-corrected chi connectivity index (χ4v) is 3.94. The van der Waals surface area contributed by atoms with Crippen LogP contribution in [0, 0.1) is 11.3 Å². The molecule has 0 bridgehead atoms. The van der Waals surface area contributed by atoms with Crippen LogP contribution in [-0.4, -0.2) is 51.4 Å². The Morgan fingerprint density at radius 2 is 2.00 bits per heavy atom. The van der Waals surface area contributed by atoms with Crippen molar-refractivity contribution in [2.75, 3.05) is 24.5 Å². The zero-order valence-electron chi connectivity index (χ0n) is 15.4. The van der Waals surface area contributed by atoms with E-state index in [0.29, 0.717) is 36.8 Å². The molecule has 1 saturated heterocycles. The lowest BCUT2D eigenvalue weighted by atomic mass is 9.96. The first-order valence-corrected chi connectivity index (χ1v) is 9.43. The van der Waals surface area contributed by atoms with Crippen LogP contribution in [0.5, 0.6) is 0 Å². The second-order valence-corrected chi connectivity index (χ2v) is 7.14. The maximum Gasteiger partial charge on any atom is 0.272 e. The van der Waals surface area contributed by atoms with Gasteiger partial charge in [-0.2, -0.15) is 5.26 Å². The normalized spacial score (nSPS) is 19.3. The summed E-state index contributed by atoms with van der Waals surface area (Å²) in [6, 6.07) is 6.02. The number of pyridine rings is 1. The zero-order chi connectivity index (χ0) is 18.8. The van der Waals surface area contributed by atoms with E-state index in [9.17, 15) is 10.1 Å². The monoisotopic (exact) mass is 362 g/mol. The molecule has 0 unspecified atom stereocenters. The summed E-state index contributed by atoms with van der Waals surface area (Å²) in [7, 11) is 0. The molecule has 27 heavy (non-hydrogen) atoms. The number of nitriles is 1. The molecule has 2 aromatic heterocycles. The van der Waals surface area contributed by atoms with Gasteiger partial charge in [-0.3, -0.25) is 4.79 Å².